The molecule has 0 amide bonds. The Kier molecular flexibility index (Phi) is 3.01. The molecule has 0 unspecified atom stereocenters. The Morgan fingerprint density at radius 3 is 2.94 bits per heavy atom. The van der Waals surface area contributed by atoms with E-state index in [0.29, 0.717) is 17.3 Å². The predicted molar refractivity (Wildman–Crippen MR) is 61.6 cm³/mol. The second kappa shape index (κ2) is 4.45. The van der Waals surface area contributed by atoms with Crippen molar-refractivity contribution < 1.29 is 0 Å². The third-order valence-corrected chi connectivity index (χ3v) is 2.33. The van der Waals surface area contributed by atoms with E-state index in [-0.39, 0.29) is 5.56 Å². The molecule has 0 aliphatic heterocycles. The molecule has 0 spiro atoms. The Labute approximate surface area is 97.5 Å². The van der Waals surface area contributed by atoms with Gasteiger partial charge >= 0.3 is 0 Å². The summed E-state index contributed by atoms with van der Waals surface area (Å²) >= 11 is 5.83. The first-order chi connectivity index (χ1) is 7.65. The van der Waals surface area contributed by atoms with Crippen molar-refractivity contribution in [3.05, 3.63) is 57.2 Å². The lowest BCUT2D eigenvalue weighted by Gasteiger charge is -2.04. The Bertz CT molecular complexity index is 565. The quantitative estimate of drug-likeness (QED) is 0.795. The summed E-state index contributed by atoms with van der Waals surface area (Å²) in [4.78, 5) is 15.6. The van der Waals surface area contributed by atoms with Crippen molar-refractivity contribution in [1.29, 1.82) is 0 Å². The lowest BCUT2D eigenvalue weighted by molar-refractivity contribution is 0.618. The fourth-order valence-corrected chi connectivity index (χ4v) is 1.54. The molecule has 5 heteroatoms. The van der Waals surface area contributed by atoms with Crippen LogP contribution in [0.3, 0.4) is 0 Å². The molecule has 0 aliphatic rings. The number of aromatic nitrogens is 3. The van der Waals surface area contributed by atoms with Crippen LogP contribution in [-0.4, -0.2) is 14.8 Å². The van der Waals surface area contributed by atoms with E-state index < -0.39 is 0 Å². The summed E-state index contributed by atoms with van der Waals surface area (Å²) in [5.41, 5.74) is 1.36. The number of rotatable bonds is 2. The topological polar surface area (TPSA) is 47.8 Å². The van der Waals surface area contributed by atoms with Crippen LogP contribution in [0.2, 0.25) is 5.02 Å². The minimum absolute atomic E-state index is 0.146. The van der Waals surface area contributed by atoms with Gasteiger partial charge in [0.05, 0.1) is 17.9 Å². The average Bonchev–Trinajstić information content (AvgIpc) is 2.24. The third kappa shape index (κ3) is 2.46. The molecular weight excluding hydrogens is 226 g/mol. The molecule has 0 radical (unpaired) electrons. The smallest absolute Gasteiger partial charge is 0.267 e. The van der Waals surface area contributed by atoms with Gasteiger partial charge in [-0.3, -0.25) is 9.78 Å². The van der Waals surface area contributed by atoms with Gasteiger partial charge in [-0.1, -0.05) is 11.6 Å². The highest BCUT2D eigenvalue weighted by atomic mass is 35.5. The van der Waals surface area contributed by atoms with Crippen LogP contribution in [0.1, 0.15) is 11.4 Å². The van der Waals surface area contributed by atoms with E-state index in [9.17, 15) is 4.79 Å². The van der Waals surface area contributed by atoms with E-state index in [1.165, 1.54) is 10.7 Å². The minimum atomic E-state index is -0.146. The highest BCUT2D eigenvalue weighted by Gasteiger charge is 2.01. The molecule has 0 fully saturated rings. The summed E-state index contributed by atoms with van der Waals surface area (Å²) in [6.45, 7) is 2.17. The number of nitrogens with zero attached hydrogens (tertiary/aromatic N) is 3. The summed E-state index contributed by atoms with van der Waals surface area (Å²) in [5, 5.41) is 4.72. The van der Waals surface area contributed by atoms with Crippen molar-refractivity contribution >= 4 is 11.6 Å². The second-order valence-corrected chi connectivity index (χ2v) is 3.87. The first kappa shape index (κ1) is 10.8. The maximum Gasteiger partial charge on any atom is 0.267 e. The molecule has 0 bridgehead atoms. The molecule has 0 aliphatic carbocycles. The lowest BCUT2D eigenvalue weighted by atomic mass is 10.3. The van der Waals surface area contributed by atoms with Crippen molar-refractivity contribution in [3.8, 4) is 0 Å². The zero-order valence-electron chi connectivity index (χ0n) is 8.72. The van der Waals surface area contributed by atoms with Crippen LogP contribution in [0.4, 0.5) is 0 Å². The van der Waals surface area contributed by atoms with Crippen LogP contribution in [0.5, 0.6) is 0 Å². The molecule has 0 atom stereocenters. The molecule has 0 aromatic carbocycles. The number of pyridine rings is 1. The Balaban J connectivity index is 2.34. The van der Waals surface area contributed by atoms with E-state index in [1.807, 2.05) is 6.92 Å². The predicted octanol–water partition coefficient (Wildman–Crippen LogP) is 1.65. The number of hydrogen-bond acceptors (Lipinski definition) is 3. The van der Waals surface area contributed by atoms with Crippen LogP contribution < -0.4 is 5.56 Å². The Hall–Kier alpha value is -1.68. The van der Waals surface area contributed by atoms with Gasteiger partial charge in [0.1, 0.15) is 0 Å². The third-order valence-electron chi connectivity index (χ3n) is 2.09. The van der Waals surface area contributed by atoms with Gasteiger partial charge in [-0.05, 0) is 25.1 Å². The first-order valence-corrected chi connectivity index (χ1v) is 5.18. The number of hydrogen-bond donors (Lipinski definition) is 0. The van der Waals surface area contributed by atoms with Crippen molar-refractivity contribution in [3.63, 3.8) is 0 Å². The summed E-state index contributed by atoms with van der Waals surface area (Å²) in [7, 11) is 0. The van der Waals surface area contributed by atoms with Crippen molar-refractivity contribution in [2.24, 2.45) is 0 Å². The van der Waals surface area contributed by atoms with Gasteiger partial charge in [-0.15, -0.1) is 0 Å². The second-order valence-electron chi connectivity index (χ2n) is 3.44. The standard InChI is InChI=1S/C11H10ClN3O/c1-8-2-3-11(16)15(14-8)7-10-6-9(12)4-5-13-10/h2-6H,7H2,1H3. The number of aryl methyl sites for hydroxylation is 1. The van der Waals surface area contributed by atoms with Crippen LogP contribution >= 0.6 is 11.6 Å². The fraction of sp³-hybridized carbons (Fsp3) is 0.182. The van der Waals surface area contributed by atoms with Crippen molar-refractivity contribution in [2.45, 2.75) is 13.5 Å². The summed E-state index contributed by atoms with van der Waals surface area (Å²) < 4.78 is 1.37. The van der Waals surface area contributed by atoms with Gasteiger partial charge in [-0.25, -0.2) is 4.68 Å². The Morgan fingerprint density at radius 1 is 1.38 bits per heavy atom. The maximum absolute atomic E-state index is 11.5. The molecule has 0 N–H and O–H groups in total. The van der Waals surface area contributed by atoms with E-state index in [4.69, 9.17) is 11.6 Å². The summed E-state index contributed by atoms with van der Waals surface area (Å²) in [6.07, 6.45) is 1.61. The molecule has 4 nitrogen and oxygen atoms in total. The van der Waals surface area contributed by atoms with Gasteiger partial charge in [-0.2, -0.15) is 5.10 Å². The SMILES string of the molecule is Cc1ccc(=O)n(Cc2cc(Cl)ccn2)n1. The van der Waals surface area contributed by atoms with E-state index in [0.717, 1.165) is 5.69 Å². The van der Waals surface area contributed by atoms with Crippen LogP contribution in [0.25, 0.3) is 0 Å². The van der Waals surface area contributed by atoms with Gasteiger partial charge in [0.25, 0.3) is 5.56 Å². The normalized spacial score (nSPS) is 10.4. The van der Waals surface area contributed by atoms with Gasteiger partial charge in [0.15, 0.2) is 0 Å². The molecule has 2 aromatic heterocycles. The van der Waals surface area contributed by atoms with Crippen LogP contribution in [0.15, 0.2) is 35.3 Å². The molecule has 2 heterocycles. The molecule has 16 heavy (non-hydrogen) atoms. The summed E-state index contributed by atoms with van der Waals surface area (Å²) in [5.74, 6) is 0. The van der Waals surface area contributed by atoms with E-state index in [1.54, 1.807) is 24.4 Å². The largest absolute Gasteiger partial charge is 0.268 e. The van der Waals surface area contributed by atoms with Gasteiger partial charge in [0, 0.05) is 17.3 Å². The zero-order valence-corrected chi connectivity index (χ0v) is 9.48. The monoisotopic (exact) mass is 235 g/mol. The molecular formula is C11H10ClN3O. The van der Waals surface area contributed by atoms with Crippen LogP contribution in [-0.2, 0) is 6.54 Å². The van der Waals surface area contributed by atoms with Crippen LogP contribution in [0, 0.1) is 6.92 Å². The summed E-state index contributed by atoms with van der Waals surface area (Å²) in [6, 6.07) is 6.59. The van der Waals surface area contributed by atoms with Gasteiger partial charge in [0.2, 0.25) is 0 Å². The first-order valence-electron chi connectivity index (χ1n) is 4.80. The molecule has 2 aromatic rings. The van der Waals surface area contributed by atoms with Crippen molar-refractivity contribution in [1.82, 2.24) is 14.8 Å². The lowest BCUT2D eigenvalue weighted by Crippen LogP contribution is -2.23. The molecule has 2 rings (SSSR count). The van der Waals surface area contributed by atoms with E-state index in [2.05, 4.69) is 10.1 Å². The van der Waals surface area contributed by atoms with Crippen molar-refractivity contribution in [2.75, 3.05) is 0 Å². The fourth-order valence-electron chi connectivity index (χ4n) is 1.35. The zero-order chi connectivity index (χ0) is 11.5. The molecule has 82 valence electrons. The molecule has 0 saturated heterocycles. The van der Waals surface area contributed by atoms with E-state index >= 15 is 0 Å². The van der Waals surface area contributed by atoms with Gasteiger partial charge < -0.3 is 0 Å². The minimum Gasteiger partial charge on any atom is -0.268 e. The molecule has 0 saturated carbocycles. The Morgan fingerprint density at radius 2 is 2.19 bits per heavy atom. The highest BCUT2D eigenvalue weighted by molar-refractivity contribution is 6.30. The maximum atomic E-state index is 11.5. The number of halogens is 1. The highest BCUT2D eigenvalue weighted by Crippen LogP contribution is 2.08. The average molecular weight is 236 g/mol.